The second kappa shape index (κ2) is 16.6. The first-order valence-corrected chi connectivity index (χ1v) is 10.7. The molecule has 0 aliphatic heterocycles. The Balaban J connectivity index is 0.00000480. The lowest BCUT2D eigenvalue weighted by Gasteiger charge is -2.12. The number of unbranched alkanes of at least 4 members (excludes halogenated alkanes) is 1. The molecule has 0 bridgehead atoms. The number of nitrogens with zero attached hydrogens (tertiary/aromatic N) is 2. The maximum atomic E-state index is 5.87. The topological polar surface area (TPSA) is 77.0 Å². The van der Waals surface area contributed by atoms with Crippen LogP contribution in [0.25, 0.3) is 0 Å². The summed E-state index contributed by atoms with van der Waals surface area (Å²) in [5.74, 6) is 2.69. The van der Waals surface area contributed by atoms with Crippen LogP contribution in [0.2, 0.25) is 0 Å². The molecule has 2 aromatic rings. The highest BCUT2D eigenvalue weighted by Crippen LogP contribution is 2.30. The number of para-hydroxylation sites is 2. The van der Waals surface area contributed by atoms with Gasteiger partial charge in [0.15, 0.2) is 17.5 Å². The molecule has 2 N–H and O–H groups in total. The summed E-state index contributed by atoms with van der Waals surface area (Å²) < 4.78 is 16.8. The second-order valence-electron chi connectivity index (χ2n) is 6.51. The van der Waals surface area contributed by atoms with Gasteiger partial charge in [0.2, 0.25) is 5.88 Å². The van der Waals surface area contributed by atoms with E-state index in [0.717, 1.165) is 50.7 Å². The minimum atomic E-state index is 0. The van der Waals surface area contributed by atoms with E-state index in [4.69, 9.17) is 14.2 Å². The summed E-state index contributed by atoms with van der Waals surface area (Å²) in [6.45, 7) is 10.4. The van der Waals surface area contributed by atoms with Gasteiger partial charge in [-0.2, -0.15) is 0 Å². The number of aromatic nitrogens is 1. The molecule has 0 saturated heterocycles. The summed E-state index contributed by atoms with van der Waals surface area (Å²) in [5.41, 5.74) is 1.01. The summed E-state index contributed by atoms with van der Waals surface area (Å²) >= 11 is 0. The molecule has 0 amide bonds. The van der Waals surface area contributed by atoms with Gasteiger partial charge in [0.05, 0.1) is 13.2 Å². The van der Waals surface area contributed by atoms with Gasteiger partial charge >= 0.3 is 0 Å². The molecule has 0 unspecified atom stereocenters. The largest absolute Gasteiger partial charge is 0.490 e. The van der Waals surface area contributed by atoms with E-state index < -0.39 is 0 Å². The fraction of sp³-hybridized carbons (Fsp3) is 0.478. The molecule has 7 nitrogen and oxygen atoms in total. The highest BCUT2D eigenvalue weighted by molar-refractivity contribution is 14.0. The van der Waals surface area contributed by atoms with E-state index in [0.29, 0.717) is 30.5 Å². The van der Waals surface area contributed by atoms with Gasteiger partial charge < -0.3 is 24.8 Å². The van der Waals surface area contributed by atoms with Gasteiger partial charge in [0.1, 0.15) is 0 Å². The van der Waals surface area contributed by atoms with Gasteiger partial charge in [-0.15, -0.1) is 24.0 Å². The van der Waals surface area contributed by atoms with Crippen LogP contribution in [-0.2, 0) is 11.3 Å². The van der Waals surface area contributed by atoms with E-state index in [1.165, 1.54) is 0 Å². The Bertz CT molecular complexity index is 757. The first-order valence-electron chi connectivity index (χ1n) is 10.7. The minimum Gasteiger partial charge on any atom is -0.490 e. The molecule has 0 spiro atoms. The van der Waals surface area contributed by atoms with Crippen molar-refractivity contribution < 1.29 is 14.2 Å². The highest BCUT2D eigenvalue weighted by atomic mass is 127. The molecule has 172 valence electrons. The van der Waals surface area contributed by atoms with E-state index in [9.17, 15) is 0 Å². The number of hydrogen-bond acceptors (Lipinski definition) is 5. The molecule has 0 fully saturated rings. The highest BCUT2D eigenvalue weighted by Gasteiger charge is 2.06. The van der Waals surface area contributed by atoms with Crippen molar-refractivity contribution in [1.29, 1.82) is 0 Å². The predicted molar refractivity (Wildman–Crippen MR) is 136 cm³/mol. The van der Waals surface area contributed by atoms with E-state index in [2.05, 4.69) is 27.5 Å². The van der Waals surface area contributed by atoms with Crippen molar-refractivity contribution in [2.75, 3.05) is 32.9 Å². The van der Waals surface area contributed by atoms with Crippen molar-refractivity contribution in [1.82, 2.24) is 15.6 Å². The molecule has 31 heavy (non-hydrogen) atoms. The van der Waals surface area contributed by atoms with E-state index in [1.807, 2.05) is 50.2 Å². The first kappa shape index (κ1) is 27.0. The molecular formula is C23H35IN4O3. The smallest absolute Gasteiger partial charge is 0.219 e. The summed E-state index contributed by atoms with van der Waals surface area (Å²) in [6.07, 6.45) is 3.87. The Kier molecular flexibility index (Phi) is 14.4. The number of ether oxygens (including phenoxy) is 3. The standard InChI is InChI=1S/C23H34N4O3.HI/c1-4-24-23(25-15-9-10-16-28-5-2)27-18-19-13-14-22(26-17-19)30-21-12-8-7-11-20(21)29-6-3;/h7-8,11-14,17H,4-6,9-10,15-16,18H2,1-3H3,(H2,24,25,27);1H. The van der Waals surface area contributed by atoms with Crippen molar-refractivity contribution in [3.05, 3.63) is 48.2 Å². The summed E-state index contributed by atoms with van der Waals surface area (Å²) in [5, 5.41) is 6.62. The van der Waals surface area contributed by atoms with Crippen molar-refractivity contribution in [2.24, 2.45) is 4.99 Å². The summed E-state index contributed by atoms with van der Waals surface area (Å²) in [4.78, 5) is 9.03. The molecule has 1 heterocycles. The number of nitrogens with one attached hydrogen (secondary N) is 2. The van der Waals surface area contributed by atoms with Crippen LogP contribution < -0.4 is 20.1 Å². The quantitative estimate of drug-likeness (QED) is 0.165. The molecule has 0 aliphatic carbocycles. The molecule has 1 aromatic heterocycles. The van der Waals surface area contributed by atoms with Crippen LogP contribution in [-0.4, -0.2) is 43.9 Å². The second-order valence-corrected chi connectivity index (χ2v) is 6.51. The molecular weight excluding hydrogens is 507 g/mol. The Morgan fingerprint density at radius 3 is 2.45 bits per heavy atom. The lowest BCUT2D eigenvalue weighted by molar-refractivity contribution is 0.143. The van der Waals surface area contributed by atoms with Crippen molar-refractivity contribution in [3.63, 3.8) is 0 Å². The van der Waals surface area contributed by atoms with Crippen molar-refractivity contribution >= 4 is 29.9 Å². The number of aliphatic imine (C=N–C) groups is 1. The van der Waals surface area contributed by atoms with Gasteiger partial charge in [-0.05, 0) is 51.3 Å². The number of halogens is 1. The molecule has 0 aliphatic rings. The number of rotatable bonds is 13. The van der Waals surface area contributed by atoms with Crippen LogP contribution in [0.3, 0.4) is 0 Å². The normalized spacial score (nSPS) is 10.9. The average Bonchev–Trinajstić information content (AvgIpc) is 2.77. The Morgan fingerprint density at radius 2 is 1.77 bits per heavy atom. The van der Waals surface area contributed by atoms with Crippen LogP contribution in [0.15, 0.2) is 47.6 Å². The fourth-order valence-corrected chi connectivity index (χ4v) is 2.68. The molecule has 0 radical (unpaired) electrons. The third-order valence-electron chi connectivity index (χ3n) is 4.14. The van der Waals surface area contributed by atoms with Crippen molar-refractivity contribution in [2.45, 2.75) is 40.2 Å². The lowest BCUT2D eigenvalue weighted by Crippen LogP contribution is -2.37. The van der Waals surface area contributed by atoms with Gasteiger partial charge in [-0.1, -0.05) is 18.2 Å². The van der Waals surface area contributed by atoms with Crippen LogP contribution in [0.1, 0.15) is 39.2 Å². The molecule has 1 aromatic carbocycles. The van der Waals surface area contributed by atoms with Crippen LogP contribution in [0.5, 0.6) is 17.4 Å². The molecule has 2 rings (SSSR count). The average molecular weight is 542 g/mol. The van der Waals surface area contributed by atoms with Gasteiger partial charge in [-0.3, -0.25) is 0 Å². The summed E-state index contributed by atoms with van der Waals surface area (Å²) in [6, 6.07) is 11.4. The number of benzene rings is 1. The molecule has 0 saturated carbocycles. The third-order valence-corrected chi connectivity index (χ3v) is 4.14. The number of hydrogen-bond donors (Lipinski definition) is 2. The molecule has 8 heteroatoms. The maximum absolute atomic E-state index is 5.87. The number of guanidine groups is 1. The van der Waals surface area contributed by atoms with Gasteiger partial charge in [-0.25, -0.2) is 9.98 Å². The maximum Gasteiger partial charge on any atom is 0.219 e. The van der Waals surface area contributed by atoms with E-state index in [-0.39, 0.29) is 24.0 Å². The van der Waals surface area contributed by atoms with Crippen LogP contribution in [0.4, 0.5) is 0 Å². The Labute approximate surface area is 203 Å². The van der Waals surface area contributed by atoms with E-state index >= 15 is 0 Å². The van der Waals surface area contributed by atoms with E-state index in [1.54, 1.807) is 6.20 Å². The minimum absolute atomic E-state index is 0. The zero-order chi connectivity index (χ0) is 21.4. The van der Waals surface area contributed by atoms with Gasteiger partial charge in [0.25, 0.3) is 0 Å². The SMILES string of the molecule is CCNC(=NCc1ccc(Oc2ccccc2OCC)nc1)NCCCCOCC.I. The van der Waals surface area contributed by atoms with Gasteiger partial charge in [0, 0.05) is 38.6 Å². The van der Waals surface area contributed by atoms with Crippen molar-refractivity contribution in [3.8, 4) is 17.4 Å². The first-order chi connectivity index (χ1) is 14.8. The lowest BCUT2D eigenvalue weighted by atomic mass is 10.3. The Morgan fingerprint density at radius 1 is 0.968 bits per heavy atom. The zero-order valence-electron chi connectivity index (χ0n) is 18.7. The Hall–Kier alpha value is -2.07. The van der Waals surface area contributed by atoms with Crippen LogP contribution in [0, 0.1) is 0 Å². The zero-order valence-corrected chi connectivity index (χ0v) is 21.1. The summed E-state index contributed by atoms with van der Waals surface area (Å²) in [7, 11) is 0. The number of pyridine rings is 1. The third kappa shape index (κ3) is 10.7. The van der Waals surface area contributed by atoms with Crippen LogP contribution >= 0.6 is 24.0 Å². The predicted octanol–water partition coefficient (Wildman–Crippen LogP) is 4.76. The monoisotopic (exact) mass is 542 g/mol. The fourth-order valence-electron chi connectivity index (χ4n) is 2.68. The molecule has 0 atom stereocenters.